The second kappa shape index (κ2) is 6.37. The van der Waals surface area contributed by atoms with Crippen LogP contribution in [0.15, 0.2) is 53.0 Å². The molecule has 0 aliphatic heterocycles. The Morgan fingerprint density at radius 3 is 2.58 bits per heavy atom. The molecule has 0 fully saturated rings. The number of aliphatic hydroxyl groups excluding tert-OH is 1. The number of hydrogen-bond acceptors (Lipinski definition) is 3. The molecular weight excluding hydrogens is 304 g/mol. The number of benzene rings is 2. The van der Waals surface area contributed by atoms with Crippen molar-refractivity contribution in [1.29, 1.82) is 5.26 Å². The molecule has 4 heteroatoms. The fraction of sp³-hybridized carbons (Fsp3) is 0.133. The lowest BCUT2D eigenvalue weighted by molar-refractivity contribution is 0.276. The highest BCUT2D eigenvalue weighted by Gasteiger charge is 2.10. The van der Waals surface area contributed by atoms with Gasteiger partial charge < -0.3 is 10.4 Å². The number of halogens is 1. The van der Waals surface area contributed by atoms with Gasteiger partial charge in [0.25, 0.3) is 0 Å². The third-order valence-corrected chi connectivity index (χ3v) is 3.21. The number of nitrogens with one attached hydrogen (secondary N) is 1. The Morgan fingerprint density at radius 1 is 1.21 bits per heavy atom. The first kappa shape index (κ1) is 13.6. The topological polar surface area (TPSA) is 56.0 Å². The van der Waals surface area contributed by atoms with E-state index in [1.165, 1.54) is 0 Å². The quantitative estimate of drug-likeness (QED) is 0.908. The van der Waals surface area contributed by atoms with Crippen LogP contribution in [-0.2, 0) is 0 Å². The lowest BCUT2D eigenvalue weighted by atomic mass is 10.1. The molecule has 2 aromatic rings. The minimum Gasteiger partial charge on any atom is -0.394 e. The minimum atomic E-state index is -0.193. The number of nitrogens with zero attached hydrogens (tertiary/aromatic N) is 1. The third-order valence-electron chi connectivity index (χ3n) is 2.75. The van der Waals surface area contributed by atoms with Gasteiger partial charge in [0.05, 0.1) is 24.3 Å². The van der Waals surface area contributed by atoms with Crippen LogP contribution in [0.5, 0.6) is 0 Å². The van der Waals surface area contributed by atoms with E-state index in [9.17, 15) is 5.11 Å². The summed E-state index contributed by atoms with van der Waals surface area (Å²) in [7, 11) is 0. The van der Waals surface area contributed by atoms with E-state index in [4.69, 9.17) is 5.26 Å². The zero-order valence-corrected chi connectivity index (χ0v) is 11.8. The van der Waals surface area contributed by atoms with Crippen LogP contribution in [0.25, 0.3) is 0 Å². The maximum atomic E-state index is 9.50. The van der Waals surface area contributed by atoms with Gasteiger partial charge in [-0.25, -0.2) is 0 Å². The van der Waals surface area contributed by atoms with Gasteiger partial charge in [0.15, 0.2) is 0 Å². The van der Waals surface area contributed by atoms with E-state index in [0.29, 0.717) is 5.56 Å². The molecule has 2 aromatic carbocycles. The van der Waals surface area contributed by atoms with Crippen molar-refractivity contribution >= 4 is 21.6 Å². The fourth-order valence-corrected chi connectivity index (χ4v) is 2.35. The van der Waals surface area contributed by atoms with Crippen LogP contribution in [0.1, 0.15) is 17.2 Å². The van der Waals surface area contributed by atoms with Crippen molar-refractivity contribution in [2.24, 2.45) is 0 Å². The Bertz CT molecular complexity index is 593. The number of aliphatic hydroxyl groups is 1. The summed E-state index contributed by atoms with van der Waals surface area (Å²) >= 11 is 3.37. The average Bonchev–Trinajstić information content (AvgIpc) is 2.45. The predicted octanol–water partition coefficient (Wildman–Crippen LogP) is 3.47. The fourth-order valence-electron chi connectivity index (χ4n) is 1.86. The van der Waals surface area contributed by atoms with Gasteiger partial charge in [-0.15, -0.1) is 0 Å². The molecule has 0 aromatic heterocycles. The molecule has 96 valence electrons. The zero-order valence-electron chi connectivity index (χ0n) is 10.2. The lowest BCUT2D eigenvalue weighted by Crippen LogP contribution is -2.14. The van der Waals surface area contributed by atoms with Crippen LogP contribution in [0, 0.1) is 11.3 Å². The van der Waals surface area contributed by atoms with Gasteiger partial charge in [0.2, 0.25) is 0 Å². The SMILES string of the molecule is N#Cc1cc(Br)cc(NC(CO)c2ccccc2)c1. The van der Waals surface area contributed by atoms with Gasteiger partial charge in [-0.05, 0) is 23.8 Å². The molecule has 19 heavy (non-hydrogen) atoms. The summed E-state index contributed by atoms with van der Waals surface area (Å²) in [5.41, 5.74) is 2.37. The Labute approximate surface area is 120 Å². The molecular formula is C15H13BrN2O. The predicted molar refractivity (Wildman–Crippen MR) is 78.7 cm³/mol. The molecule has 0 bridgehead atoms. The zero-order chi connectivity index (χ0) is 13.7. The van der Waals surface area contributed by atoms with Crippen molar-refractivity contribution in [3.8, 4) is 6.07 Å². The summed E-state index contributed by atoms with van der Waals surface area (Å²) in [6.07, 6.45) is 0. The molecule has 1 atom stereocenters. The van der Waals surface area contributed by atoms with E-state index >= 15 is 0 Å². The van der Waals surface area contributed by atoms with Crippen molar-refractivity contribution in [3.63, 3.8) is 0 Å². The van der Waals surface area contributed by atoms with E-state index in [1.807, 2.05) is 36.4 Å². The van der Waals surface area contributed by atoms with Crippen LogP contribution < -0.4 is 5.32 Å². The monoisotopic (exact) mass is 316 g/mol. The normalized spacial score (nSPS) is 11.6. The Balaban J connectivity index is 2.24. The van der Waals surface area contributed by atoms with Crippen LogP contribution >= 0.6 is 15.9 Å². The van der Waals surface area contributed by atoms with E-state index < -0.39 is 0 Å². The average molecular weight is 317 g/mol. The maximum absolute atomic E-state index is 9.50. The molecule has 1 unspecified atom stereocenters. The van der Waals surface area contributed by atoms with Crippen LogP contribution in [0.4, 0.5) is 5.69 Å². The summed E-state index contributed by atoms with van der Waals surface area (Å²) in [4.78, 5) is 0. The number of rotatable bonds is 4. The van der Waals surface area contributed by atoms with E-state index in [2.05, 4.69) is 27.3 Å². The molecule has 0 aliphatic rings. The number of anilines is 1. The summed E-state index contributed by atoms with van der Waals surface area (Å²) < 4.78 is 0.832. The third kappa shape index (κ3) is 3.57. The van der Waals surface area contributed by atoms with Crippen molar-refractivity contribution < 1.29 is 5.11 Å². The summed E-state index contributed by atoms with van der Waals surface area (Å²) in [5, 5.41) is 21.7. The molecule has 0 amide bonds. The minimum absolute atomic E-state index is 0.0155. The highest BCUT2D eigenvalue weighted by molar-refractivity contribution is 9.10. The molecule has 0 saturated carbocycles. The Kier molecular flexibility index (Phi) is 4.56. The van der Waals surface area contributed by atoms with Crippen molar-refractivity contribution in [1.82, 2.24) is 0 Å². The first-order valence-corrected chi connectivity index (χ1v) is 6.65. The van der Waals surface area contributed by atoms with E-state index in [-0.39, 0.29) is 12.6 Å². The molecule has 3 nitrogen and oxygen atoms in total. The van der Waals surface area contributed by atoms with Gasteiger partial charge >= 0.3 is 0 Å². The second-order valence-corrected chi connectivity index (χ2v) is 5.05. The molecule has 2 N–H and O–H groups in total. The van der Waals surface area contributed by atoms with Crippen molar-refractivity contribution in [2.45, 2.75) is 6.04 Å². The number of nitriles is 1. The Morgan fingerprint density at radius 2 is 1.95 bits per heavy atom. The summed E-state index contributed by atoms with van der Waals surface area (Å²) in [6.45, 7) is -0.0155. The van der Waals surface area contributed by atoms with Crippen LogP contribution in [0.2, 0.25) is 0 Å². The molecule has 0 aliphatic carbocycles. The van der Waals surface area contributed by atoms with Crippen molar-refractivity contribution in [2.75, 3.05) is 11.9 Å². The standard InChI is InChI=1S/C15H13BrN2O/c16-13-6-11(9-17)7-14(8-13)18-15(10-19)12-4-2-1-3-5-12/h1-8,15,18-19H,10H2. The first-order valence-electron chi connectivity index (χ1n) is 5.86. The molecule has 2 rings (SSSR count). The van der Waals surface area contributed by atoms with Gasteiger partial charge in [-0.2, -0.15) is 5.26 Å². The molecule has 0 saturated heterocycles. The van der Waals surface area contributed by atoms with Crippen LogP contribution in [-0.4, -0.2) is 11.7 Å². The lowest BCUT2D eigenvalue weighted by Gasteiger charge is -2.18. The second-order valence-electron chi connectivity index (χ2n) is 4.13. The summed E-state index contributed by atoms with van der Waals surface area (Å²) in [6, 6.07) is 17.0. The largest absolute Gasteiger partial charge is 0.394 e. The van der Waals surface area contributed by atoms with E-state index in [0.717, 1.165) is 15.7 Å². The summed E-state index contributed by atoms with van der Waals surface area (Å²) in [5.74, 6) is 0. The highest BCUT2D eigenvalue weighted by Crippen LogP contribution is 2.23. The van der Waals surface area contributed by atoms with E-state index in [1.54, 1.807) is 12.1 Å². The van der Waals surface area contributed by atoms with Crippen molar-refractivity contribution in [3.05, 3.63) is 64.1 Å². The Hall–Kier alpha value is -1.83. The van der Waals surface area contributed by atoms with Gasteiger partial charge in [-0.3, -0.25) is 0 Å². The maximum Gasteiger partial charge on any atom is 0.0992 e. The molecule has 0 radical (unpaired) electrons. The highest BCUT2D eigenvalue weighted by atomic mass is 79.9. The van der Waals surface area contributed by atoms with Gasteiger partial charge in [0, 0.05) is 10.2 Å². The molecule has 0 spiro atoms. The van der Waals surface area contributed by atoms with Gasteiger partial charge in [0.1, 0.15) is 0 Å². The molecule has 0 heterocycles. The van der Waals surface area contributed by atoms with Crippen LogP contribution in [0.3, 0.4) is 0 Å². The number of hydrogen-bond donors (Lipinski definition) is 2. The first-order chi connectivity index (χ1) is 9.22. The van der Waals surface area contributed by atoms with Gasteiger partial charge in [-0.1, -0.05) is 46.3 Å². The smallest absolute Gasteiger partial charge is 0.0992 e.